The number of halogens is 1. The number of aliphatic hydroxyl groups is 1. The van der Waals surface area contributed by atoms with Gasteiger partial charge in [0.05, 0.1) is 6.10 Å². The lowest BCUT2D eigenvalue weighted by atomic mass is 10.1. The van der Waals surface area contributed by atoms with Crippen LogP contribution in [0, 0.1) is 5.82 Å². The second kappa shape index (κ2) is 6.77. The zero-order valence-electron chi connectivity index (χ0n) is 12.1. The molecular weight excluding hydrogens is 285 g/mol. The lowest BCUT2D eigenvalue weighted by Gasteiger charge is -2.21. The molecule has 0 amide bonds. The molecule has 4 nitrogen and oxygen atoms in total. The van der Waals surface area contributed by atoms with Crippen LogP contribution in [-0.4, -0.2) is 24.9 Å². The summed E-state index contributed by atoms with van der Waals surface area (Å²) in [6, 6.07) is 12.0. The first-order chi connectivity index (χ1) is 10.8. The van der Waals surface area contributed by atoms with E-state index in [0.717, 1.165) is 17.1 Å². The third-order valence-corrected chi connectivity index (χ3v) is 3.57. The molecule has 0 fully saturated rings. The number of aliphatic hydroxyl groups excluding tert-OH is 1. The Kier molecular flexibility index (Phi) is 4.56. The molecule has 22 heavy (non-hydrogen) atoms. The summed E-state index contributed by atoms with van der Waals surface area (Å²) in [5.41, 5.74) is 1.25. The van der Waals surface area contributed by atoms with Crippen LogP contribution in [0.25, 0.3) is 0 Å². The van der Waals surface area contributed by atoms with Crippen LogP contribution in [0.3, 0.4) is 0 Å². The Hall–Kier alpha value is -2.11. The number of hydrogen-bond donors (Lipinski definition) is 2. The molecule has 1 heterocycles. The van der Waals surface area contributed by atoms with E-state index < -0.39 is 11.9 Å². The van der Waals surface area contributed by atoms with Gasteiger partial charge in [-0.15, -0.1) is 0 Å². The summed E-state index contributed by atoms with van der Waals surface area (Å²) >= 11 is 0. The third-order valence-electron chi connectivity index (χ3n) is 3.57. The van der Waals surface area contributed by atoms with Gasteiger partial charge in [0, 0.05) is 24.2 Å². The summed E-state index contributed by atoms with van der Waals surface area (Å²) in [4.78, 5) is 0. The minimum Gasteiger partial charge on any atom is -0.486 e. The second-order valence-corrected chi connectivity index (χ2v) is 5.11. The molecule has 0 unspecified atom stereocenters. The van der Waals surface area contributed by atoms with Crippen molar-refractivity contribution in [1.29, 1.82) is 0 Å². The van der Waals surface area contributed by atoms with Gasteiger partial charge in [0.2, 0.25) is 0 Å². The van der Waals surface area contributed by atoms with Gasteiger partial charge in [-0.1, -0.05) is 30.3 Å². The van der Waals surface area contributed by atoms with Crippen molar-refractivity contribution >= 4 is 0 Å². The zero-order chi connectivity index (χ0) is 15.4. The van der Waals surface area contributed by atoms with Gasteiger partial charge in [-0.2, -0.15) is 0 Å². The van der Waals surface area contributed by atoms with Gasteiger partial charge in [-0.25, -0.2) is 4.39 Å². The van der Waals surface area contributed by atoms with E-state index in [-0.39, 0.29) is 6.54 Å². The number of benzene rings is 2. The zero-order valence-corrected chi connectivity index (χ0v) is 12.1. The number of para-hydroxylation sites is 1. The molecule has 2 N–H and O–H groups in total. The highest BCUT2D eigenvalue weighted by molar-refractivity contribution is 5.47. The van der Waals surface area contributed by atoms with Crippen molar-refractivity contribution in [3.63, 3.8) is 0 Å². The van der Waals surface area contributed by atoms with E-state index in [1.807, 2.05) is 18.2 Å². The molecule has 1 aliphatic rings. The van der Waals surface area contributed by atoms with Crippen LogP contribution in [-0.2, 0) is 6.54 Å². The normalized spacial score (nSPS) is 14.6. The minimum absolute atomic E-state index is 0.255. The summed E-state index contributed by atoms with van der Waals surface area (Å²) in [5, 5.41) is 13.2. The van der Waals surface area contributed by atoms with Gasteiger partial charge in [0.15, 0.2) is 11.5 Å². The topological polar surface area (TPSA) is 50.7 Å². The first kappa shape index (κ1) is 14.8. The summed E-state index contributed by atoms with van der Waals surface area (Å²) in [6.07, 6.45) is -0.891. The van der Waals surface area contributed by atoms with Gasteiger partial charge >= 0.3 is 0 Å². The molecule has 0 bridgehead atoms. The maximum Gasteiger partial charge on any atom is 0.165 e. The quantitative estimate of drug-likeness (QED) is 0.890. The van der Waals surface area contributed by atoms with Crippen LogP contribution < -0.4 is 14.8 Å². The van der Waals surface area contributed by atoms with Crippen LogP contribution in [0.4, 0.5) is 4.39 Å². The number of hydrogen-bond acceptors (Lipinski definition) is 4. The van der Waals surface area contributed by atoms with Gasteiger partial charge < -0.3 is 19.9 Å². The van der Waals surface area contributed by atoms with Crippen LogP contribution in [0.2, 0.25) is 0 Å². The monoisotopic (exact) mass is 303 g/mol. The molecule has 0 aliphatic carbocycles. The van der Waals surface area contributed by atoms with Crippen LogP contribution >= 0.6 is 0 Å². The summed E-state index contributed by atoms with van der Waals surface area (Å²) in [5.74, 6) is 1.08. The molecular formula is C17H18FNO3. The highest BCUT2D eigenvalue weighted by Gasteiger charge is 2.16. The van der Waals surface area contributed by atoms with Gasteiger partial charge in [-0.05, 0) is 12.1 Å². The molecule has 0 saturated heterocycles. The van der Waals surface area contributed by atoms with Crippen molar-refractivity contribution in [2.45, 2.75) is 12.6 Å². The Morgan fingerprint density at radius 3 is 2.77 bits per heavy atom. The molecule has 116 valence electrons. The van der Waals surface area contributed by atoms with E-state index in [2.05, 4.69) is 5.32 Å². The van der Waals surface area contributed by atoms with E-state index in [1.54, 1.807) is 18.2 Å². The smallest absolute Gasteiger partial charge is 0.165 e. The van der Waals surface area contributed by atoms with E-state index in [0.29, 0.717) is 25.3 Å². The van der Waals surface area contributed by atoms with Gasteiger partial charge in [0.1, 0.15) is 19.0 Å². The van der Waals surface area contributed by atoms with Crippen LogP contribution in [0.15, 0.2) is 42.5 Å². The first-order valence-corrected chi connectivity index (χ1v) is 7.26. The van der Waals surface area contributed by atoms with E-state index in [9.17, 15) is 9.50 Å². The average molecular weight is 303 g/mol. The fourth-order valence-electron chi connectivity index (χ4n) is 2.47. The standard InChI is InChI=1S/C17H18FNO3/c18-14-6-2-1-5-13(14)15(20)11-19-10-12-4-3-7-16-17(12)22-9-8-21-16/h1-7,15,19-20H,8-11H2/t15-/m0/s1. The Bertz CT molecular complexity index is 648. The van der Waals surface area contributed by atoms with Crippen molar-refractivity contribution in [3.05, 3.63) is 59.4 Å². The molecule has 2 aromatic rings. The molecule has 1 atom stereocenters. The second-order valence-electron chi connectivity index (χ2n) is 5.11. The number of ether oxygens (including phenoxy) is 2. The minimum atomic E-state index is -0.891. The molecule has 3 rings (SSSR count). The largest absolute Gasteiger partial charge is 0.486 e. The van der Waals surface area contributed by atoms with Crippen LogP contribution in [0.5, 0.6) is 11.5 Å². The van der Waals surface area contributed by atoms with Gasteiger partial charge in [-0.3, -0.25) is 0 Å². The molecule has 0 radical (unpaired) electrons. The Morgan fingerprint density at radius 1 is 1.09 bits per heavy atom. The number of nitrogens with one attached hydrogen (secondary N) is 1. The Morgan fingerprint density at radius 2 is 1.91 bits per heavy atom. The highest BCUT2D eigenvalue weighted by Crippen LogP contribution is 2.33. The maximum absolute atomic E-state index is 13.6. The van der Waals surface area contributed by atoms with E-state index in [1.165, 1.54) is 6.07 Å². The SMILES string of the molecule is O[C@@H](CNCc1cccc2c1OCCO2)c1ccccc1F. The average Bonchev–Trinajstić information content (AvgIpc) is 2.55. The molecule has 0 spiro atoms. The van der Waals surface area contributed by atoms with Crippen LogP contribution in [0.1, 0.15) is 17.2 Å². The number of rotatable bonds is 5. The van der Waals surface area contributed by atoms with Crippen molar-refractivity contribution in [2.75, 3.05) is 19.8 Å². The predicted molar refractivity (Wildman–Crippen MR) is 80.5 cm³/mol. The fourth-order valence-corrected chi connectivity index (χ4v) is 2.47. The van der Waals surface area contributed by atoms with Crippen molar-refractivity contribution < 1.29 is 19.0 Å². The Balaban J connectivity index is 1.61. The fraction of sp³-hybridized carbons (Fsp3) is 0.294. The van der Waals surface area contributed by atoms with E-state index in [4.69, 9.17) is 9.47 Å². The summed E-state index contributed by atoms with van der Waals surface area (Å²) < 4.78 is 24.7. The molecule has 0 saturated carbocycles. The highest BCUT2D eigenvalue weighted by atomic mass is 19.1. The summed E-state index contributed by atoms with van der Waals surface area (Å²) in [7, 11) is 0. The van der Waals surface area contributed by atoms with Crippen molar-refractivity contribution in [3.8, 4) is 11.5 Å². The Labute approximate surface area is 128 Å². The lowest BCUT2D eigenvalue weighted by molar-refractivity contribution is 0.165. The molecule has 2 aromatic carbocycles. The van der Waals surface area contributed by atoms with Crippen molar-refractivity contribution in [2.24, 2.45) is 0 Å². The molecule has 5 heteroatoms. The first-order valence-electron chi connectivity index (χ1n) is 7.26. The lowest BCUT2D eigenvalue weighted by Crippen LogP contribution is -2.23. The van der Waals surface area contributed by atoms with E-state index >= 15 is 0 Å². The van der Waals surface area contributed by atoms with Gasteiger partial charge in [0.25, 0.3) is 0 Å². The maximum atomic E-state index is 13.6. The molecule has 0 aromatic heterocycles. The van der Waals surface area contributed by atoms with Crippen molar-refractivity contribution in [1.82, 2.24) is 5.32 Å². The molecule has 1 aliphatic heterocycles. The summed E-state index contributed by atoms with van der Waals surface area (Å²) in [6.45, 7) is 1.85. The number of fused-ring (bicyclic) bond motifs is 1. The predicted octanol–water partition coefficient (Wildman–Crippen LogP) is 2.42. The third kappa shape index (κ3) is 3.21.